The molecule has 2 rings (SSSR count). The van der Waals surface area contributed by atoms with E-state index in [0.717, 1.165) is 11.0 Å². The molecule has 0 aromatic heterocycles. The normalized spacial score (nSPS) is 17.9. The highest BCUT2D eigenvalue weighted by Crippen LogP contribution is 2.19. The van der Waals surface area contributed by atoms with Crippen molar-refractivity contribution in [3.63, 3.8) is 0 Å². The minimum absolute atomic E-state index is 0.0956. The lowest BCUT2D eigenvalue weighted by Gasteiger charge is -2.33. The van der Waals surface area contributed by atoms with E-state index in [4.69, 9.17) is 9.84 Å². The van der Waals surface area contributed by atoms with Crippen LogP contribution in [0.1, 0.15) is 17.3 Å². The third kappa shape index (κ3) is 3.40. The molecule has 1 atom stereocenters. The zero-order valence-electron chi connectivity index (χ0n) is 11.8. The van der Waals surface area contributed by atoms with E-state index in [1.54, 1.807) is 0 Å². The highest BCUT2D eigenvalue weighted by molar-refractivity contribution is 5.98. The highest BCUT2D eigenvalue weighted by atomic mass is 19.1. The molecule has 0 saturated carbocycles. The predicted octanol–water partition coefficient (Wildman–Crippen LogP) is 0.710. The summed E-state index contributed by atoms with van der Waals surface area (Å²) >= 11 is 0. The molecule has 1 aliphatic heterocycles. The summed E-state index contributed by atoms with van der Waals surface area (Å²) in [4.78, 5) is 35.8. The Labute approximate surface area is 125 Å². The van der Waals surface area contributed by atoms with Gasteiger partial charge in [0.15, 0.2) is 6.04 Å². The SMILES string of the molecule is CC(=O)Nc1cc(C(=O)N2CCOCC2C(=O)O)ccc1F. The molecule has 0 bridgehead atoms. The van der Waals surface area contributed by atoms with E-state index < -0.39 is 29.6 Å². The van der Waals surface area contributed by atoms with Gasteiger partial charge in [-0.2, -0.15) is 0 Å². The van der Waals surface area contributed by atoms with Crippen molar-refractivity contribution < 1.29 is 28.6 Å². The number of anilines is 1. The molecule has 1 saturated heterocycles. The molecule has 22 heavy (non-hydrogen) atoms. The van der Waals surface area contributed by atoms with Crippen LogP contribution in [0.2, 0.25) is 0 Å². The molecule has 2 amide bonds. The zero-order valence-corrected chi connectivity index (χ0v) is 11.8. The van der Waals surface area contributed by atoms with Crippen molar-refractivity contribution in [2.75, 3.05) is 25.1 Å². The molecule has 1 aliphatic rings. The van der Waals surface area contributed by atoms with Gasteiger partial charge < -0.3 is 20.1 Å². The van der Waals surface area contributed by atoms with Crippen molar-refractivity contribution >= 4 is 23.5 Å². The second kappa shape index (κ2) is 6.52. The fraction of sp³-hybridized carbons (Fsp3) is 0.357. The van der Waals surface area contributed by atoms with Crippen LogP contribution in [0.3, 0.4) is 0 Å². The molecule has 1 aromatic rings. The number of carboxylic acid groups (broad SMARTS) is 1. The lowest BCUT2D eigenvalue weighted by Crippen LogP contribution is -2.52. The first-order valence-electron chi connectivity index (χ1n) is 6.59. The number of halogens is 1. The number of hydrogen-bond donors (Lipinski definition) is 2. The summed E-state index contributed by atoms with van der Waals surface area (Å²) in [5.41, 5.74) is -0.0308. The molecule has 2 N–H and O–H groups in total. The van der Waals surface area contributed by atoms with E-state index in [2.05, 4.69) is 5.32 Å². The number of morpholine rings is 1. The van der Waals surface area contributed by atoms with Crippen molar-refractivity contribution in [2.45, 2.75) is 13.0 Å². The maximum absolute atomic E-state index is 13.6. The largest absolute Gasteiger partial charge is 0.480 e. The summed E-state index contributed by atoms with van der Waals surface area (Å²) in [5.74, 6) is -2.87. The van der Waals surface area contributed by atoms with Gasteiger partial charge in [0.1, 0.15) is 5.82 Å². The molecular formula is C14H15FN2O5. The number of carboxylic acids is 1. The van der Waals surface area contributed by atoms with E-state index >= 15 is 0 Å². The molecule has 1 unspecified atom stereocenters. The lowest BCUT2D eigenvalue weighted by atomic mass is 10.1. The van der Waals surface area contributed by atoms with Gasteiger partial charge in [-0.3, -0.25) is 9.59 Å². The summed E-state index contributed by atoms with van der Waals surface area (Å²) in [5, 5.41) is 11.4. The maximum Gasteiger partial charge on any atom is 0.328 e. The van der Waals surface area contributed by atoms with Crippen molar-refractivity contribution in [2.24, 2.45) is 0 Å². The van der Waals surface area contributed by atoms with Gasteiger partial charge in [-0.25, -0.2) is 9.18 Å². The number of carbonyl (C=O) groups excluding carboxylic acids is 2. The molecule has 1 heterocycles. The van der Waals surface area contributed by atoms with E-state index in [-0.39, 0.29) is 31.0 Å². The van der Waals surface area contributed by atoms with Crippen LogP contribution in [0, 0.1) is 5.82 Å². The van der Waals surface area contributed by atoms with Gasteiger partial charge in [0.2, 0.25) is 5.91 Å². The van der Waals surface area contributed by atoms with Crippen molar-refractivity contribution in [1.29, 1.82) is 0 Å². The first-order chi connectivity index (χ1) is 10.4. The van der Waals surface area contributed by atoms with Gasteiger partial charge in [-0.05, 0) is 18.2 Å². The zero-order chi connectivity index (χ0) is 16.3. The van der Waals surface area contributed by atoms with Crippen molar-refractivity contribution in [3.8, 4) is 0 Å². The Balaban J connectivity index is 2.28. The number of nitrogens with one attached hydrogen (secondary N) is 1. The first kappa shape index (κ1) is 15.9. The summed E-state index contributed by atoms with van der Waals surface area (Å²) in [6.07, 6.45) is 0. The van der Waals surface area contributed by atoms with Crippen molar-refractivity contribution in [3.05, 3.63) is 29.6 Å². The quantitative estimate of drug-likeness (QED) is 0.857. The van der Waals surface area contributed by atoms with Crippen LogP contribution in [-0.2, 0) is 14.3 Å². The number of amides is 2. The molecule has 0 radical (unpaired) electrons. The number of hydrogen-bond acceptors (Lipinski definition) is 4. The lowest BCUT2D eigenvalue weighted by molar-refractivity contribution is -0.147. The molecule has 118 valence electrons. The summed E-state index contributed by atoms with van der Waals surface area (Å²) in [6, 6.07) is 2.40. The smallest absolute Gasteiger partial charge is 0.328 e. The Morgan fingerprint density at radius 3 is 2.77 bits per heavy atom. The highest BCUT2D eigenvalue weighted by Gasteiger charge is 2.33. The van der Waals surface area contributed by atoms with E-state index in [9.17, 15) is 18.8 Å². The molecule has 8 heteroatoms. The third-order valence-electron chi connectivity index (χ3n) is 3.20. The van der Waals surface area contributed by atoms with Crippen LogP contribution in [0.5, 0.6) is 0 Å². The molecule has 1 aromatic carbocycles. The summed E-state index contributed by atoms with van der Waals surface area (Å²) < 4.78 is 18.7. The Kier molecular flexibility index (Phi) is 4.71. The Morgan fingerprint density at radius 2 is 2.14 bits per heavy atom. The van der Waals surface area contributed by atoms with Crippen LogP contribution in [-0.4, -0.2) is 53.6 Å². The third-order valence-corrected chi connectivity index (χ3v) is 3.20. The number of rotatable bonds is 3. The van der Waals surface area contributed by atoms with Gasteiger partial charge in [-0.15, -0.1) is 0 Å². The first-order valence-corrected chi connectivity index (χ1v) is 6.59. The number of ether oxygens (including phenoxy) is 1. The molecule has 1 fully saturated rings. The monoisotopic (exact) mass is 310 g/mol. The number of aliphatic carboxylic acids is 1. The Hall–Kier alpha value is -2.48. The topological polar surface area (TPSA) is 95.9 Å². The average Bonchev–Trinajstić information content (AvgIpc) is 2.48. The van der Waals surface area contributed by atoms with E-state index in [0.29, 0.717) is 0 Å². The Bertz CT molecular complexity index is 619. The predicted molar refractivity (Wildman–Crippen MR) is 74.0 cm³/mol. The second-order valence-corrected chi connectivity index (χ2v) is 4.80. The standard InChI is InChI=1S/C14H15FN2O5/c1-8(18)16-11-6-9(2-3-10(11)15)13(19)17-4-5-22-7-12(17)14(20)21/h2-3,6,12H,4-5,7H2,1H3,(H,16,18)(H,20,21). The van der Waals surface area contributed by atoms with Crippen molar-refractivity contribution in [1.82, 2.24) is 4.90 Å². The molecular weight excluding hydrogens is 295 g/mol. The minimum atomic E-state index is -1.17. The fourth-order valence-electron chi connectivity index (χ4n) is 2.16. The van der Waals surface area contributed by atoms with E-state index in [1.165, 1.54) is 19.1 Å². The summed E-state index contributed by atoms with van der Waals surface area (Å²) in [6.45, 7) is 1.48. The van der Waals surface area contributed by atoms with Gasteiger partial charge in [0.25, 0.3) is 5.91 Å². The Morgan fingerprint density at radius 1 is 1.41 bits per heavy atom. The summed E-state index contributed by atoms with van der Waals surface area (Å²) in [7, 11) is 0. The van der Waals surface area contributed by atoms with Crippen LogP contribution >= 0.6 is 0 Å². The fourth-order valence-corrected chi connectivity index (χ4v) is 2.16. The van der Waals surface area contributed by atoms with Gasteiger partial charge >= 0.3 is 5.97 Å². The molecule has 7 nitrogen and oxygen atoms in total. The average molecular weight is 310 g/mol. The number of benzene rings is 1. The molecule has 0 spiro atoms. The maximum atomic E-state index is 13.6. The van der Waals surface area contributed by atoms with E-state index in [1.807, 2.05) is 0 Å². The van der Waals surface area contributed by atoms with Gasteiger partial charge in [0.05, 0.1) is 18.9 Å². The van der Waals surface area contributed by atoms with Crippen LogP contribution < -0.4 is 5.32 Å². The number of nitrogens with zero attached hydrogens (tertiary/aromatic N) is 1. The minimum Gasteiger partial charge on any atom is -0.480 e. The van der Waals surface area contributed by atoms with Crippen LogP contribution in [0.15, 0.2) is 18.2 Å². The van der Waals surface area contributed by atoms with Crippen LogP contribution in [0.4, 0.5) is 10.1 Å². The van der Waals surface area contributed by atoms with Crippen LogP contribution in [0.25, 0.3) is 0 Å². The van der Waals surface area contributed by atoms with Gasteiger partial charge in [-0.1, -0.05) is 0 Å². The van der Waals surface area contributed by atoms with Gasteiger partial charge in [0, 0.05) is 19.0 Å². The second-order valence-electron chi connectivity index (χ2n) is 4.80. The molecule has 0 aliphatic carbocycles. The number of carbonyl (C=O) groups is 3.